The summed E-state index contributed by atoms with van der Waals surface area (Å²) in [5.41, 5.74) is 15.0. The quantitative estimate of drug-likeness (QED) is 0.208. The van der Waals surface area contributed by atoms with Crippen LogP contribution in [0.3, 0.4) is 0 Å². The van der Waals surface area contributed by atoms with Crippen molar-refractivity contribution in [3.05, 3.63) is 119 Å². The van der Waals surface area contributed by atoms with E-state index >= 15 is 0 Å². The van der Waals surface area contributed by atoms with Gasteiger partial charge in [-0.25, -0.2) is 14.4 Å². The summed E-state index contributed by atoms with van der Waals surface area (Å²) in [5, 5.41) is 12.6. The molecule has 0 unspecified atom stereocenters. The van der Waals surface area contributed by atoms with Crippen molar-refractivity contribution in [3.63, 3.8) is 0 Å². The first-order valence-corrected chi connectivity index (χ1v) is 14.2. The molecule has 45 heavy (non-hydrogen) atoms. The molecule has 3 aromatic carbocycles. The molecule has 7 rings (SSSR count). The fourth-order valence-corrected chi connectivity index (χ4v) is 5.07. The lowest BCUT2D eigenvalue weighted by Gasteiger charge is -2.08. The van der Waals surface area contributed by atoms with Crippen molar-refractivity contribution in [3.8, 4) is 22.3 Å². The molecule has 9 nitrogen and oxygen atoms in total. The molecule has 4 heterocycles. The second-order valence-corrected chi connectivity index (χ2v) is 10.7. The number of nitrogens with one attached hydrogen (secondary N) is 1. The average Bonchev–Trinajstić information content (AvgIpc) is 3.58. The lowest BCUT2D eigenvalue weighted by atomic mass is 10.00. The van der Waals surface area contributed by atoms with Gasteiger partial charge in [0.05, 0.1) is 17.0 Å². The van der Waals surface area contributed by atoms with Gasteiger partial charge in [0.2, 0.25) is 0 Å². The Morgan fingerprint density at radius 3 is 1.80 bits per heavy atom. The smallest absolute Gasteiger partial charge is 0.259 e. The van der Waals surface area contributed by atoms with Gasteiger partial charge in [0.1, 0.15) is 17.5 Å². The fraction of sp³-hybridized carbons (Fsp3) is 0.114. The Hall–Kier alpha value is -5.90. The van der Waals surface area contributed by atoms with Crippen molar-refractivity contribution in [2.75, 3.05) is 11.1 Å². The van der Waals surface area contributed by atoms with E-state index in [-0.39, 0.29) is 5.56 Å². The number of anilines is 2. The van der Waals surface area contributed by atoms with Gasteiger partial charge < -0.3 is 20.1 Å². The van der Waals surface area contributed by atoms with Crippen molar-refractivity contribution in [2.45, 2.75) is 27.7 Å². The number of pyridine rings is 2. The van der Waals surface area contributed by atoms with Crippen molar-refractivity contribution in [1.29, 1.82) is 0 Å². The summed E-state index contributed by atoms with van der Waals surface area (Å²) in [7, 11) is 0. The van der Waals surface area contributed by atoms with E-state index < -0.39 is 11.7 Å². The van der Waals surface area contributed by atoms with Gasteiger partial charge in [-0.05, 0) is 111 Å². The van der Waals surface area contributed by atoms with Gasteiger partial charge in [-0.1, -0.05) is 22.4 Å². The Morgan fingerprint density at radius 1 is 0.733 bits per heavy atom. The van der Waals surface area contributed by atoms with Crippen LogP contribution < -0.4 is 11.1 Å². The number of benzene rings is 3. The van der Waals surface area contributed by atoms with E-state index in [0.29, 0.717) is 17.2 Å². The summed E-state index contributed by atoms with van der Waals surface area (Å²) in [4.78, 5) is 20.6. The van der Waals surface area contributed by atoms with Gasteiger partial charge >= 0.3 is 0 Å². The molecule has 0 bridgehead atoms. The number of hydrogen-bond donors (Lipinski definition) is 2. The minimum atomic E-state index is -0.571. The van der Waals surface area contributed by atoms with Crippen molar-refractivity contribution in [2.24, 2.45) is 0 Å². The summed E-state index contributed by atoms with van der Waals surface area (Å²) < 4.78 is 24.3. The Morgan fingerprint density at radius 2 is 1.29 bits per heavy atom. The first-order valence-electron chi connectivity index (χ1n) is 14.2. The van der Waals surface area contributed by atoms with Crippen molar-refractivity contribution in [1.82, 2.24) is 20.3 Å². The highest BCUT2D eigenvalue weighted by molar-refractivity contribution is 6.04. The molecule has 0 aliphatic rings. The van der Waals surface area contributed by atoms with Gasteiger partial charge in [0.15, 0.2) is 11.2 Å². The third kappa shape index (κ3) is 5.98. The number of nitrogens with two attached hydrogens (primary N) is 1. The van der Waals surface area contributed by atoms with Gasteiger partial charge in [-0.3, -0.25) is 4.79 Å². The number of aromatic nitrogens is 4. The molecule has 224 valence electrons. The molecule has 10 heteroatoms. The SMILES string of the molecule is Cc1cc2c(C)noc2cc1-c1ccc(N)nc1.Cc1cc2c(C)noc2cc1-c1ccc(NC(=O)c2ccccc2F)nc1. The molecule has 0 aliphatic heterocycles. The van der Waals surface area contributed by atoms with Crippen LogP contribution >= 0.6 is 0 Å². The lowest BCUT2D eigenvalue weighted by molar-refractivity contribution is 0.102. The molecular formula is C35H29FN6O3. The summed E-state index contributed by atoms with van der Waals surface area (Å²) >= 11 is 0. The van der Waals surface area contributed by atoms with Gasteiger partial charge in [-0.15, -0.1) is 0 Å². The van der Waals surface area contributed by atoms with Crippen LogP contribution in [-0.2, 0) is 0 Å². The average molecular weight is 601 g/mol. The second kappa shape index (κ2) is 12.0. The topological polar surface area (TPSA) is 133 Å². The van der Waals surface area contributed by atoms with E-state index in [1.807, 2.05) is 51.1 Å². The van der Waals surface area contributed by atoms with Crippen LogP contribution in [0.1, 0.15) is 32.9 Å². The van der Waals surface area contributed by atoms with Gasteiger partial charge in [0.25, 0.3) is 5.91 Å². The monoisotopic (exact) mass is 600 g/mol. The minimum absolute atomic E-state index is 0.0228. The number of amides is 1. The molecule has 1 amide bonds. The normalized spacial score (nSPS) is 11.0. The molecule has 0 atom stereocenters. The molecule has 0 saturated heterocycles. The predicted octanol–water partition coefficient (Wildman–Crippen LogP) is 7.99. The molecule has 7 aromatic rings. The maximum atomic E-state index is 13.7. The maximum Gasteiger partial charge on any atom is 0.259 e. The number of fused-ring (bicyclic) bond motifs is 2. The Balaban J connectivity index is 0.000000172. The molecule has 0 radical (unpaired) electrons. The summed E-state index contributed by atoms with van der Waals surface area (Å²) in [6.45, 7) is 7.92. The van der Waals surface area contributed by atoms with Crippen LogP contribution in [0.2, 0.25) is 0 Å². The summed E-state index contributed by atoms with van der Waals surface area (Å²) in [5.74, 6) is -0.241. The van der Waals surface area contributed by atoms with E-state index in [2.05, 4.69) is 38.6 Å². The number of carbonyl (C=O) groups excluding carboxylic acids is 1. The minimum Gasteiger partial charge on any atom is -0.384 e. The number of halogens is 1. The third-order valence-electron chi connectivity index (χ3n) is 7.53. The highest BCUT2D eigenvalue weighted by Gasteiger charge is 2.14. The zero-order valence-electron chi connectivity index (χ0n) is 25.1. The van der Waals surface area contributed by atoms with Crippen LogP contribution in [0.4, 0.5) is 16.0 Å². The number of rotatable bonds is 4. The van der Waals surface area contributed by atoms with Crippen LogP contribution in [-0.4, -0.2) is 26.2 Å². The van der Waals surface area contributed by atoms with Crippen LogP contribution in [0, 0.1) is 33.5 Å². The Labute approximate surface area is 257 Å². The predicted molar refractivity (Wildman–Crippen MR) is 172 cm³/mol. The number of nitrogen functional groups attached to an aromatic ring is 1. The Bertz CT molecular complexity index is 2170. The fourth-order valence-electron chi connectivity index (χ4n) is 5.07. The highest BCUT2D eigenvalue weighted by atomic mass is 19.1. The van der Waals surface area contributed by atoms with E-state index in [0.717, 1.165) is 55.6 Å². The van der Waals surface area contributed by atoms with E-state index in [4.69, 9.17) is 14.8 Å². The second-order valence-electron chi connectivity index (χ2n) is 10.7. The third-order valence-corrected chi connectivity index (χ3v) is 7.53. The van der Waals surface area contributed by atoms with Gasteiger partial charge in [0, 0.05) is 34.3 Å². The number of hydrogen-bond acceptors (Lipinski definition) is 8. The zero-order valence-corrected chi connectivity index (χ0v) is 25.1. The number of carbonyl (C=O) groups is 1. The molecule has 0 saturated carbocycles. The van der Waals surface area contributed by atoms with E-state index in [1.165, 1.54) is 23.8 Å². The summed E-state index contributed by atoms with van der Waals surface area (Å²) in [6, 6.07) is 21.2. The Kier molecular flexibility index (Phi) is 7.78. The summed E-state index contributed by atoms with van der Waals surface area (Å²) in [6.07, 6.45) is 3.43. The maximum absolute atomic E-state index is 13.7. The molecule has 0 spiro atoms. The first kappa shape index (κ1) is 29.2. The number of nitrogens with zero attached hydrogens (tertiary/aromatic N) is 4. The molecule has 0 aliphatic carbocycles. The van der Waals surface area contributed by atoms with Crippen LogP contribution in [0.15, 0.2) is 94.2 Å². The van der Waals surface area contributed by atoms with Crippen LogP contribution in [0.25, 0.3) is 44.2 Å². The van der Waals surface area contributed by atoms with Gasteiger partial charge in [-0.2, -0.15) is 0 Å². The standard InChI is InChI=1S/C21H16FN3O2.C14H13N3O/c1-12-9-17-13(2)25-27-19(17)10-16(12)14-7-8-20(23-11-14)24-21(26)15-5-3-4-6-18(15)22;1-8-5-12-9(2)17-18-13(12)6-11(8)10-3-4-14(15)16-7-10/h3-11H,1-2H3,(H,23,24,26);3-7H,1-2H3,(H2,15,16). The van der Waals surface area contributed by atoms with E-state index in [1.54, 1.807) is 30.6 Å². The van der Waals surface area contributed by atoms with Crippen LogP contribution in [0.5, 0.6) is 0 Å². The van der Waals surface area contributed by atoms with Crippen molar-refractivity contribution >= 4 is 39.5 Å². The zero-order chi connectivity index (χ0) is 31.7. The molecule has 3 N–H and O–H groups in total. The molecular weight excluding hydrogens is 571 g/mol. The van der Waals surface area contributed by atoms with E-state index in [9.17, 15) is 9.18 Å². The molecule has 0 fully saturated rings. The molecule has 4 aromatic heterocycles. The number of aryl methyl sites for hydroxylation is 4. The lowest BCUT2D eigenvalue weighted by Crippen LogP contribution is -2.14. The highest BCUT2D eigenvalue weighted by Crippen LogP contribution is 2.31. The van der Waals surface area contributed by atoms with Crippen molar-refractivity contribution < 1.29 is 18.2 Å². The largest absolute Gasteiger partial charge is 0.384 e. The first-order chi connectivity index (χ1) is 21.7.